The number of anilines is 1. The molecule has 6 heteroatoms. The van der Waals surface area contributed by atoms with Crippen LogP contribution in [0.4, 0.5) is 5.82 Å². The van der Waals surface area contributed by atoms with Gasteiger partial charge in [0.15, 0.2) is 11.6 Å². The van der Waals surface area contributed by atoms with Crippen molar-refractivity contribution in [1.29, 1.82) is 5.26 Å². The van der Waals surface area contributed by atoms with Gasteiger partial charge in [0.2, 0.25) is 5.91 Å². The quantitative estimate of drug-likeness (QED) is 0.661. The highest BCUT2D eigenvalue weighted by Crippen LogP contribution is 2.22. The van der Waals surface area contributed by atoms with Gasteiger partial charge in [-0.2, -0.15) is 5.26 Å². The van der Waals surface area contributed by atoms with E-state index in [4.69, 9.17) is 10.00 Å². The van der Waals surface area contributed by atoms with Crippen molar-refractivity contribution in [2.75, 3.05) is 11.9 Å². The second-order valence-corrected chi connectivity index (χ2v) is 5.94. The number of hydrogen-bond donors (Lipinski definition) is 1. The van der Waals surface area contributed by atoms with Gasteiger partial charge in [-0.15, -0.1) is 0 Å². The number of carbonyl (C=O) groups excluding carboxylic acids is 1. The molecule has 0 radical (unpaired) electrons. The fraction of sp³-hybridized carbons (Fsp3) is 0.250. The van der Waals surface area contributed by atoms with Gasteiger partial charge in [0.25, 0.3) is 0 Å². The normalized spacial score (nSPS) is 10.5. The lowest BCUT2D eigenvalue weighted by Crippen LogP contribution is -2.20. The van der Waals surface area contributed by atoms with Crippen molar-refractivity contribution >= 4 is 22.6 Å². The summed E-state index contributed by atoms with van der Waals surface area (Å²) in [5, 5.41) is 12.5. The number of pyridine rings is 1. The number of nitrogens with zero attached hydrogens (tertiary/aromatic N) is 3. The third-order valence-electron chi connectivity index (χ3n) is 4.04. The van der Waals surface area contributed by atoms with E-state index in [9.17, 15) is 4.79 Å². The predicted molar refractivity (Wildman–Crippen MR) is 99.9 cm³/mol. The van der Waals surface area contributed by atoms with Crippen molar-refractivity contribution in [1.82, 2.24) is 9.55 Å². The van der Waals surface area contributed by atoms with E-state index in [2.05, 4.69) is 22.4 Å². The molecule has 0 aliphatic heterocycles. The fourth-order valence-electron chi connectivity index (χ4n) is 2.81. The fourth-order valence-corrected chi connectivity index (χ4v) is 2.81. The molecule has 0 saturated carbocycles. The summed E-state index contributed by atoms with van der Waals surface area (Å²) in [5.41, 5.74) is 2.05. The van der Waals surface area contributed by atoms with E-state index in [1.807, 2.05) is 35.8 Å². The number of benzene rings is 1. The molecule has 0 bridgehead atoms. The SMILES string of the molecule is Cc1cc2ccccc2n1CC(=O)Nc1ncccc1OCCCC#N. The average molecular weight is 348 g/mol. The van der Waals surface area contributed by atoms with Crippen LogP contribution < -0.4 is 10.1 Å². The molecule has 0 aliphatic rings. The van der Waals surface area contributed by atoms with E-state index in [0.29, 0.717) is 31.0 Å². The first-order valence-corrected chi connectivity index (χ1v) is 8.48. The lowest BCUT2D eigenvalue weighted by molar-refractivity contribution is -0.116. The number of hydrogen-bond acceptors (Lipinski definition) is 4. The van der Waals surface area contributed by atoms with Gasteiger partial charge in [0.1, 0.15) is 6.54 Å². The van der Waals surface area contributed by atoms with Crippen LogP contribution in [0.5, 0.6) is 5.75 Å². The maximum Gasteiger partial charge on any atom is 0.245 e. The number of nitriles is 1. The molecule has 1 aromatic carbocycles. The van der Waals surface area contributed by atoms with E-state index >= 15 is 0 Å². The van der Waals surface area contributed by atoms with Crippen molar-refractivity contribution in [2.24, 2.45) is 0 Å². The van der Waals surface area contributed by atoms with Gasteiger partial charge in [-0.25, -0.2) is 4.98 Å². The minimum absolute atomic E-state index is 0.171. The maximum atomic E-state index is 12.5. The summed E-state index contributed by atoms with van der Waals surface area (Å²) in [6, 6.07) is 15.6. The van der Waals surface area contributed by atoms with Gasteiger partial charge in [-0.1, -0.05) is 18.2 Å². The summed E-state index contributed by atoms with van der Waals surface area (Å²) in [4.78, 5) is 16.7. The number of carbonyl (C=O) groups is 1. The summed E-state index contributed by atoms with van der Waals surface area (Å²) in [5.74, 6) is 0.728. The van der Waals surface area contributed by atoms with Crippen LogP contribution in [-0.4, -0.2) is 22.1 Å². The third kappa shape index (κ3) is 4.01. The zero-order valence-electron chi connectivity index (χ0n) is 14.6. The molecule has 2 heterocycles. The van der Waals surface area contributed by atoms with Crippen LogP contribution in [0.3, 0.4) is 0 Å². The Morgan fingerprint density at radius 1 is 1.31 bits per heavy atom. The molecule has 0 saturated heterocycles. The highest BCUT2D eigenvalue weighted by molar-refractivity contribution is 5.92. The second kappa shape index (κ2) is 8.17. The number of rotatable bonds is 7. The Morgan fingerprint density at radius 3 is 3.00 bits per heavy atom. The molecule has 26 heavy (non-hydrogen) atoms. The van der Waals surface area contributed by atoms with Crippen LogP contribution in [0, 0.1) is 18.3 Å². The van der Waals surface area contributed by atoms with Crippen molar-refractivity contribution in [3.05, 3.63) is 54.4 Å². The molecule has 2 aromatic heterocycles. The third-order valence-corrected chi connectivity index (χ3v) is 4.04. The topological polar surface area (TPSA) is 79.9 Å². The second-order valence-electron chi connectivity index (χ2n) is 5.94. The zero-order valence-corrected chi connectivity index (χ0v) is 14.6. The highest BCUT2D eigenvalue weighted by atomic mass is 16.5. The molecule has 1 amide bonds. The van der Waals surface area contributed by atoms with Crippen LogP contribution in [0.2, 0.25) is 0 Å². The molecule has 0 spiro atoms. The first-order chi connectivity index (χ1) is 12.7. The largest absolute Gasteiger partial charge is 0.490 e. The highest BCUT2D eigenvalue weighted by Gasteiger charge is 2.12. The molecule has 3 aromatic rings. The van der Waals surface area contributed by atoms with Crippen LogP contribution in [-0.2, 0) is 11.3 Å². The van der Waals surface area contributed by atoms with E-state index in [1.165, 1.54) is 0 Å². The number of para-hydroxylation sites is 1. The molecule has 6 nitrogen and oxygen atoms in total. The molecule has 132 valence electrons. The lowest BCUT2D eigenvalue weighted by atomic mass is 10.2. The van der Waals surface area contributed by atoms with Crippen LogP contribution in [0.1, 0.15) is 18.5 Å². The van der Waals surface area contributed by atoms with Crippen LogP contribution in [0.25, 0.3) is 10.9 Å². The molecular weight excluding hydrogens is 328 g/mol. The Hall–Kier alpha value is -3.33. The maximum absolute atomic E-state index is 12.5. The average Bonchev–Trinajstić information content (AvgIpc) is 2.95. The van der Waals surface area contributed by atoms with Gasteiger partial charge in [-0.3, -0.25) is 4.79 Å². The van der Waals surface area contributed by atoms with Gasteiger partial charge < -0.3 is 14.6 Å². The molecule has 1 N–H and O–H groups in total. The number of unbranched alkanes of at least 4 members (excludes halogenated alkanes) is 1. The van der Waals surface area contributed by atoms with Gasteiger partial charge in [0, 0.05) is 23.8 Å². The molecular formula is C20H20N4O2. The zero-order chi connectivity index (χ0) is 18.4. The number of ether oxygens (including phenoxy) is 1. The summed E-state index contributed by atoms with van der Waals surface area (Å²) in [6.45, 7) is 2.59. The van der Waals surface area contributed by atoms with E-state index < -0.39 is 0 Å². The van der Waals surface area contributed by atoms with Gasteiger partial charge in [0.05, 0.1) is 12.7 Å². The number of nitrogens with one attached hydrogen (secondary N) is 1. The standard InChI is InChI=1S/C20H20N4O2/c1-15-13-16-7-2-3-8-17(16)24(15)14-19(25)23-20-18(9-6-11-22-20)26-12-5-4-10-21/h2-3,6-9,11,13H,4-5,12,14H2,1H3,(H,22,23,25). The summed E-state index contributed by atoms with van der Waals surface area (Å²) >= 11 is 0. The van der Waals surface area contributed by atoms with Crippen molar-refractivity contribution in [3.8, 4) is 11.8 Å². The first-order valence-electron chi connectivity index (χ1n) is 8.48. The Balaban J connectivity index is 1.70. The molecule has 0 fully saturated rings. The Labute approximate surface area is 152 Å². The van der Waals surface area contributed by atoms with Crippen molar-refractivity contribution < 1.29 is 9.53 Å². The molecule has 0 atom stereocenters. The minimum atomic E-state index is -0.171. The number of aromatic nitrogens is 2. The number of amides is 1. The smallest absolute Gasteiger partial charge is 0.245 e. The summed E-state index contributed by atoms with van der Waals surface area (Å²) in [7, 11) is 0. The minimum Gasteiger partial charge on any atom is -0.490 e. The molecule has 0 aliphatic carbocycles. The van der Waals surface area contributed by atoms with E-state index in [1.54, 1.807) is 18.3 Å². The summed E-state index contributed by atoms with van der Waals surface area (Å²) < 4.78 is 7.61. The van der Waals surface area contributed by atoms with E-state index in [-0.39, 0.29) is 12.5 Å². The predicted octanol–water partition coefficient (Wildman–Crippen LogP) is 3.67. The van der Waals surface area contributed by atoms with Crippen molar-refractivity contribution in [2.45, 2.75) is 26.3 Å². The van der Waals surface area contributed by atoms with Crippen LogP contribution in [0.15, 0.2) is 48.7 Å². The Bertz CT molecular complexity index is 956. The number of aryl methyl sites for hydroxylation is 1. The summed E-state index contributed by atoms with van der Waals surface area (Å²) in [6.07, 6.45) is 2.67. The van der Waals surface area contributed by atoms with Crippen LogP contribution >= 0.6 is 0 Å². The number of fused-ring (bicyclic) bond motifs is 1. The van der Waals surface area contributed by atoms with Gasteiger partial charge in [-0.05, 0) is 43.0 Å². The Morgan fingerprint density at radius 2 is 2.15 bits per heavy atom. The van der Waals surface area contributed by atoms with E-state index in [0.717, 1.165) is 16.6 Å². The Kier molecular flexibility index (Phi) is 5.49. The molecule has 3 rings (SSSR count). The van der Waals surface area contributed by atoms with Gasteiger partial charge >= 0.3 is 0 Å². The monoisotopic (exact) mass is 348 g/mol. The van der Waals surface area contributed by atoms with Crippen molar-refractivity contribution in [3.63, 3.8) is 0 Å². The first kappa shape index (κ1) is 17.5. The lowest BCUT2D eigenvalue weighted by Gasteiger charge is -2.12. The molecule has 0 unspecified atom stereocenters.